The third kappa shape index (κ3) is 4.34. The van der Waals surface area contributed by atoms with Crippen LogP contribution in [0.1, 0.15) is 40.0 Å². The lowest BCUT2D eigenvalue weighted by Gasteiger charge is -2.18. The Balaban J connectivity index is 3.69. The van der Waals surface area contributed by atoms with E-state index in [9.17, 15) is 4.79 Å². The molecule has 72 valence electrons. The molecule has 3 heteroatoms. The standard InChI is InChI=1S/C9H19NO2/c1-4-7-8-9(11)10(5-2)12-6-3/h4-8H2,1-3H3. The molecule has 0 aromatic rings. The van der Waals surface area contributed by atoms with E-state index in [4.69, 9.17) is 4.84 Å². The number of unbranched alkanes of at least 4 members (excludes halogenated alkanes) is 1. The van der Waals surface area contributed by atoms with E-state index in [1.165, 1.54) is 5.06 Å². The molecule has 1 amide bonds. The average molecular weight is 173 g/mol. The first-order valence-electron chi connectivity index (χ1n) is 4.69. The Bertz CT molecular complexity index is 126. The van der Waals surface area contributed by atoms with Crippen molar-refractivity contribution in [3.05, 3.63) is 0 Å². The zero-order chi connectivity index (χ0) is 9.40. The first-order chi connectivity index (χ1) is 5.76. The van der Waals surface area contributed by atoms with Gasteiger partial charge >= 0.3 is 0 Å². The van der Waals surface area contributed by atoms with Crippen LogP contribution in [0, 0.1) is 0 Å². The fraction of sp³-hybridized carbons (Fsp3) is 0.889. The summed E-state index contributed by atoms with van der Waals surface area (Å²) in [7, 11) is 0. The van der Waals surface area contributed by atoms with E-state index >= 15 is 0 Å². The lowest BCUT2D eigenvalue weighted by molar-refractivity contribution is -0.183. The normalized spacial score (nSPS) is 9.92. The fourth-order valence-corrected chi connectivity index (χ4v) is 0.948. The molecule has 0 aliphatic rings. The van der Waals surface area contributed by atoms with E-state index in [0.29, 0.717) is 19.6 Å². The first-order valence-corrected chi connectivity index (χ1v) is 4.69. The zero-order valence-corrected chi connectivity index (χ0v) is 8.30. The van der Waals surface area contributed by atoms with Crippen LogP contribution in [0.25, 0.3) is 0 Å². The Kier molecular flexibility index (Phi) is 6.76. The Morgan fingerprint density at radius 3 is 2.42 bits per heavy atom. The molecular formula is C9H19NO2. The maximum Gasteiger partial charge on any atom is 0.246 e. The molecule has 0 saturated carbocycles. The molecule has 0 saturated heterocycles. The number of amides is 1. The first kappa shape index (κ1) is 11.4. The molecule has 0 aromatic heterocycles. The van der Waals surface area contributed by atoms with E-state index in [-0.39, 0.29) is 5.91 Å². The van der Waals surface area contributed by atoms with Gasteiger partial charge in [0.15, 0.2) is 0 Å². The van der Waals surface area contributed by atoms with Crippen LogP contribution in [0.4, 0.5) is 0 Å². The summed E-state index contributed by atoms with van der Waals surface area (Å²) >= 11 is 0. The van der Waals surface area contributed by atoms with Gasteiger partial charge in [-0.3, -0.25) is 9.63 Å². The highest BCUT2D eigenvalue weighted by atomic mass is 16.7. The highest BCUT2D eigenvalue weighted by Gasteiger charge is 2.09. The lowest BCUT2D eigenvalue weighted by atomic mass is 10.2. The van der Waals surface area contributed by atoms with E-state index in [2.05, 4.69) is 6.92 Å². The van der Waals surface area contributed by atoms with Crippen LogP contribution in [0.2, 0.25) is 0 Å². The molecule has 0 unspecified atom stereocenters. The summed E-state index contributed by atoms with van der Waals surface area (Å²) in [4.78, 5) is 16.5. The summed E-state index contributed by atoms with van der Waals surface area (Å²) in [6.07, 6.45) is 2.60. The van der Waals surface area contributed by atoms with Gasteiger partial charge in [-0.15, -0.1) is 0 Å². The highest BCUT2D eigenvalue weighted by Crippen LogP contribution is 2.00. The van der Waals surface area contributed by atoms with Gasteiger partial charge in [-0.25, -0.2) is 5.06 Å². The summed E-state index contributed by atoms with van der Waals surface area (Å²) in [5.41, 5.74) is 0. The van der Waals surface area contributed by atoms with E-state index in [1.54, 1.807) is 0 Å². The molecule has 3 nitrogen and oxygen atoms in total. The molecule has 0 heterocycles. The molecule has 0 aliphatic heterocycles. The Morgan fingerprint density at radius 1 is 1.33 bits per heavy atom. The maximum atomic E-state index is 11.3. The second-order valence-corrected chi connectivity index (χ2v) is 2.61. The molecule has 0 atom stereocenters. The van der Waals surface area contributed by atoms with Crippen molar-refractivity contribution in [1.29, 1.82) is 0 Å². The number of nitrogens with zero attached hydrogens (tertiary/aromatic N) is 1. The quantitative estimate of drug-likeness (QED) is 0.575. The van der Waals surface area contributed by atoms with Gasteiger partial charge in [-0.2, -0.15) is 0 Å². The Labute approximate surface area is 74.6 Å². The minimum absolute atomic E-state index is 0.0983. The van der Waals surface area contributed by atoms with Gasteiger partial charge in [-0.05, 0) is 20.3 Å². The Hall–Kier alpha value is -0.570. The van der Waals surface area contributed by atoms with Gasteiger partial charge in [0.25, 0.3) is 0 Å². The van der Waals surface area contributed by atoms with Crippen molar-refractivity contribution in [3.8, 4) is 0 Å². The predicted octanol–water partition coefficient (Wildman–Crippen LogP) is 1.98. The minimum Gasteiger partial charge on any atom is -0.273 e. The summed E-state index contributed by atoms with van der Waals surface area (Å²) < 4.78 is 0. The van der Waals surface area contributed by atoms with Crippen molar-refractivity contribution in [2.24, 2.45) is 0 Å². The van der Waals surface area contributed by atoms with Gasteiger partial charge < -0.3 is 0 Å². The number of hydroxylamine groups is 2. The summed E-state index contributed by atoms with van der Waals surface area (Å²) in [5.74, 6) is 0.0983. The van der Waals surface area contributed by atoms with Crippen molar-refractivity contribution in [2.75, 3.05) is 13.2 Å². The fourth-order valence-electron chi connectivity index (χ4n) is 0.948. The molecule has 0 N–H and O–H groups in total. The van der Waals surface area contributed by atoms with Gasteiger partial charge in [0.05, 0.1) is 6.61 Å². The number of carbonyl (C=O) groups is 1. The maximum absolute atomic E-state index is 11.3. The van der Waals surface area contributed by atoms with Crippen LogP contribution in [0.5, 0.6) is 0 Å². The number of rotatable bonds is 6. The third-order valence-corrected chi connectivity index (χ3v) is 1.59. The van der Waals surface area contributed by atoms with Crippen molar-refractivity contribution in [2.45, 2.75) is 40.0 Å². The van der Waals surface area contributed by atoms with Gasteiger partial charge in [0.2, 0.25) is 5.91 Å². The lowest BCUT2D eigenvalue weighted by Crippen LogP contribution is -2.30. The second kappa shape index (κ2) is 7.10. The smallest absolute Gasteiger partial charge is 0.246 e. The van der Waals surface area contributed by atoms with Crippen LogP contribution < -0.4 is 0 Å². The van der Waals surface area contributed by atoms with Crippen LogP contribution in [-0.2, 0) is 9.63 Å². The van der Waals surface area contributed by atoms with Gasteiger partial charge in [-0.1, -0.05) is 13.3 Å². The molecule has 0 bridgehead atoms. The Morgan fingerprint density at radius 2 is 2.00 bits per heavy atom. The molecule has 0 aromatic carbocycles. The minimum atomic E-state index is 0.0983. The molecular weight excluding hydrogens is 154 g/mol. The topological polar surface area (TPSA) is 29.5 Å². The highest BCUT2D eigenvalue weighted by molar-refractivity contribution is 5.74. The molecule has 0 fully saturated rings. The predicted molar refractivity (Wildman–Crippen MR) is 48.5 cm³/mol. The van der Waals surface area contributed by atoms with E-state index < -0.39 is 0 Å². The van der Waals surface area contributed by atoms with E-state index in [0.717, 1.165) is 12.8 Å². The zero-order valence-electron chi connectivity index (χ0n) is 8.30. The molecule has 0 radical (unpaired) electrons. The van der Waals surface area contributed by atoms with Crippen molar-refractivity contribution in [3.63, 3.8) is 0 Å². The van der Waals surface area contributed by atoms with Crippen molar-refractivity contribution >= 4 is 5.91 Å². The van der Waals surface area contributed by atoms with Crippen LogP contribution in [0.15, 0.2) is 0 Å². The SMILES string of the molecule is CCCCC(=O)N(CC)OCC. The molecule has 0 rings (SSSR count). The molecule has 0 spiro atoms. The number of carbonyl (C=O) groups excluding carboxylic acids is 1. The second-order valence-electron chi connectivity index (χ2n) is 2.61. The number of hydrogen-bond acceptors (Lipinski definition) is 2. The van der Waals surface area contributed by atoms with Crippen LogP contribution in [0.3, 0.4) is 0 Å². The summed E-state index contributed by atoms with van der Waals surface area (Å²) in [6.45, 7) is 7.07. The van der Waals surface area contributed by atoms with Crippen LogP contribution >= 0.6 is 0 Å². The molecule has 0 aliphatic carbocycles. The van der Waals surface area contributed by atoms with E-state index in [1.807, 2.05) is 13.8 Å². The summed E-state index contributed by atoms with van der Waals surface area (Å²) in [5, 5.41) is 1.44. The number of hydrogen-bond donors (Lipinski definition) is 0. The van der Waals surface area contributed by atoms with Gasteiger partial charge in [0, 0.05) is 13.0 Å². The van der Waals surface area contributed by atoms with Crippen LogP contribution in [-0.4, -0.2) is 24.1 Å². The van der Waals surface area contributed by atoms with Crippen molar-refractivity contribution in [1.82, 2.24) is 5.06 Å². The largest absolute Gasteiger partial charge is 0.273 e. The summed E-state index contributed by atoms with van der Waals surface area (Å²) in [6, 6.07) is 0. The average Bonchev–Trinajstić information content (AvgIpc) is 2.10. The monoisotopic (exact) mass is 173 g/mol. The van der Waals surface area contributed by atoms with Gasteiger partial charge in [0.1, 0.15) is 0 Å². The third-order valence-electron chi connectivity index (χ3n) is 1.59. The molecule has 12 heavy (non-hydrogen) atoms. The van der Waals surface area contributed by atoms with Crippen molar-refractivity contribution < 1.29 is 9.63 Å².